The fourth-order valence-corrected chi connectivity index (χ4v) is 4.45. The predicted octanol–water partition coefficient (Wildman–Crippen LogP) is 5.85. The minimum Gasteiger partial charge on any atom is -0.441 e. The largest absolute Gasteiger partial charge is 0.441 e. The predicted molar refractivity (Wildman–Crippen MR) is 116 cm³/mol. The van der Waals surface area contributed by atoms with Gasteiger partial charge in [0, 0.05) is 30.5 Å². The molecule has 0 spiro atoms. The summed E-state index contributed by atoms with van der Waals surface area (Å²) in [6.45, 7) is 0.482. The molecular formula is C21H17Cl2N3O2S. The highest BCUT2D eigenvalue weighted by Crippen LogP contribution is 2.31. The molecule has 0 bridgehead atoms. The van der Waals surface area contributed by atoms with Crippen LogP contribution in [0.3, 0.4) is 0 Å². The molecule has 0 aliphatic carbocycles. The number of oxazole rings is 1. The molecule has 0 unspecified atom stereocenters. The van der Waals surface area contributed by atoms with E-state index in [4.69, 9.17) is 27.6 Å². The molecule has 0 aliphatic heterocycles. The zero-order valence-corrected chi connectivity index (χ0v) is 17.9. The van der Waals surface area contributed by atoms with Crippen LogP contribution in [0.25, 0.3) is 21.5 Å². The van der Waals surface area contributed by atoms with E-state index in [9.17, 15) is 4.79 Å². The molecule has 5 nitrogen and oxygen atoms in total. The number of fused-ring (bicyclic) bond motifs is 1. The van der Waals surface area contributed by atoms with Gasteiger partial charge in [-0.05, 0) is 30.3 Å². The maximum absolute atomic E-state index is 12.5. The highest BCUT2D eigenvalue weighted by molar-refractivity contribution is 7.18. The molecule has 2 heterocycles. The smallest absolute Gasteiger partial charge is 0.223 e. The molecule has 29 heavy (non-hydrogen) atoms. The van der Waals surface area contributed by atoms with E-state index in [2.05, 4.69) is 9.97 Å². The van der Waals surface area contributed by atoms with Crippen LogP contribution in [0.5, 0.6) is 0 Å². The zero-order valence-electron chi connectivity index (χ0n) is 15.6. The lowest BCUT2D eigenvalue weighted by molar-refractivity contribution is -0.130. The van der Waals surface area contributed by atoms with Crippen molar-refractivity contribution < 1.29 is 9.21 Å². The van der Waals surface area contributed by atoms with Gasteiger partial charge >= 0.3 is 0 Å². The number of hydrogen-bond acceptors (Lipinski definition) is 5. The van der Waals surface area contributed by atoms with Crippen LogP contribution in [-0.2, 0) is 17.8 Å². The van der Waals surface area contributed by atoms with Gasteiger partial charge in [-0.3, -0.25) is 4.79 Å². The standard InChI is InChI=1S/C21H17Cl2N3O2S/c1-26(12-20-25-16-4-2-3-5-18(16)29-20)21(27)9-8-19-24-11-17(28-19)14-7-6-13(22)10-15(14)23/h2-7,10-11H,8-9,12H2,1H3. The van der Waals surface area contributed by atoms with Gasteiger partial charge in [0.2, 0.25) is 5.91 Å². The minimum absolute atomic E-state index is 0.00790. The lowest BCUT2D eigenvalue weighted by Crippen LogP contribution is -2.26. The molecule has 0 saturated heterocycles. The first-order valence-corrected chi connectivity index (χ1v) is 10.6. The highest BCUT2D eigenvalue weighted by Gasteiger charge is 2.15. The summed E-state index contributed by atoms with van der Waals surface area (Å²) >= 11 is 13.7. The van der Waals surface area contributed by atoms with Crippen molar-refractivity contribution in [2.75, 3.05) is 7.05 Å². The third kappa shape index (κ3) is 4.61. The van der Waals surface area contributed by atoms with Crippen LogP contribution < -0.4 is 0 Å². The molecule has 2 aromatic carbocycles. The Morgan fingerprint density at radius 3 is 2.83 bits per heavy atom. The van der Waals surface area contributed by atoms with E-state index in [1.807, 2.05) is 24.3 Å². The van der Waals surface area contributed by atoms with Crippen molar-refractivity contribution in [2.45, 2.75) is 19.4 Å². The second-order valence-electron chi connectivity index (χ2n) is 6.57. The highest BCUT2D eigenvalue weighted by atomic mass is 35.5. The van der Waals surface area contributed by atoms with E-state index in [0.29, 0.717) is 46.6 Å². The van der Waals surface area contributed by atoms with Crippen molar-refractivity contribution in [3.63, 3.8) is 0 Å². The quantitative estimate of drug-likeness (QED) is 0.373. The minimum atomic E-state index is 0.00790. The summed E-state index contributed by atoms with van der Waals surface area (Å²) in [5, 5.41) is 1.96. The van der Waals surface area contributed by atoms with Crippen LogP contribution >= 0.6 is 34.5 Å². The number of aryl methyl sites for hydroxylation is 1. The number of benzene rings is 2. The number of thiazole rings is 1. The second kappa shape index (κ2) is 8.53. The van der Waals surface area contributed by atoms with Crippen LogP contribution in [0.15, 0.2) is 53.1 Å². The van der Waals surface area contributed by atoms with Crippen molar-refractivity contribution in [2.24, 2.45) is 0 Å². The van der Waals surface area contributed by atoms with Crippen LogP contribution in [0.2, 0.25) is 10.0 Å². The Balaban J connectivity index is 1.36. The Hall–Kier alpha value is -2.41. The van der Waals surface area contributed by atoms with Gasteiger partial charge in [-0.2, -0.15) is 0 Å². The summed E-state index contributed by atoms with van der Waals surface area (Å²) in [5.41, 5.74) is 1.68. The molecule has 0 N–H and O–H groups in total. The Morgan fingerprint density at radius 1 is 1.21 bits per heavy atom. The Bertz CT molecular complexity index is 1140. The number of aromatic nitrogens is 2. The van der Waals surface area contributed by atoms with Gasteiger partial charge in [-0.1, -0.05) is 35.3 Å². The fourth-order valence-electron chi connectivity index (χ4n) is 2.92. The maximum atomic E-state index is 12.5. The van der Waals surface area contributed by atoms with E-state index in [1.165, 1.54) is 0 Å². The van der Waals surface area contributed by atoms with Crippen LogP contribution in [0.4, 0.5) is 0 Å². The maximum Gasteiger partial charge on any atom is 0.223 e. The summed E-state index contributed by atoms with van der Waals surface area (Å²) < 4.78 is 6.88. The van der Waals surface area contributed by atoms with Crippen LogP contribution in [0.1, 0.15) is 17.3 Å². The Morgan fingerprint density at radius 2 is 2.03 bits per heavy atom. The second-order valence-corrected chi connectivity index (χ2v) is 8.53. The summed E-state index contributed by atoms with van der Waals surface area (Å²) in [4.78, 5) is 23.0. The summed E-state index contributed by atoms with van der Waals surface area (Å²) in [7, 11) is 1.78. The lowest BCUT2D eigenvalue weighted by Gasteiger charge is -2.14. The Kier molecular flexibility index (Phi) is 5.85. The molecule has 0 aliphatic rings. The van der Waals surface area contributed by atoms with Crippen molar-refractivity contribution in [3.05, 3.63) is 69.6 Å². The number of halogens is 2. The van der Waals surface area contributed by atoms with Gasteiger partial charge in [0.25, 0.3) is 0 Å². The summed E-state index contributed by atoms with van der Waals surface area (Å²) in [6, 6.07) is 13.1. The molecule has 0 radical (unpaired) electrons. The number of para-hydroxylation sites is 1. The molecule has 4 aromatic rings. The molecule has 0 fully saturated rings. The molecule has 0 saturated carbocycles. The number of amides is 1. The van der Waals surface area contributed by atoms with E-state index in [1.54, 1.807) is 47.7 Å². The first kappa shape index (κ1) is 19.9. The normalized spacial score (nSPS) is 11.1. The molecule has 8 heteroatoms. The third-order valence-corrected chi connectivity index (χ3v) is 6.01. The van der Waals surface area contributed by atoms with Crippen LogP contribution in [0, 0.1) is 0 Å². The van der Waals surface area contributed by atoms with Crippen molar-refractivity contribution >= 4 is 50.7 Å². The van der Waals surface area contributed by atoms with Gasteiger partial charge in [-0.25, -0.2) is 9.97 Å². The van der Waals surface area contributed by atoms with Gasteiger partial charge in [-0.15, -0.1) is 11.3 Å². The Labute approximate surface area is 181 Å². The third-order valence-electron chi connectivity index (χ3n) is 4.44. The van der Waals surface area contributed by atoms with Crippen molar-refractivity contribution in [1.82, 2.24) is 14.9 Å². The van der Waals surface area contributed by atoms with Crippen molar-refractivity contribution in [1.29, 1.82) is 0 Å². The average molecular weight is 446 g/mol. The van der Waals surface area contributed by atoms with Gasteiger partial charge < -0.3 is 9.32 Å². The molecule has 1 amide bonds. The first-order chi connectivity index (χ1) is 14.0. The van der Waals surface area contributed by atoms with Crippen LogP contribution in [-0.4, -0.2) is 27.8 Å². The topological polar surface area (TPSA) is 59.2 Å². The molecule has 4 rings (SSSR count). The van der Waals surface area contributed by atoms with Gasteiger partial charge in [0.15, 0.2) is 11.7 Å². The average Bonchev–Trinajstić information content (AvgIpc) is 3.32. The van der Waals surface area contributed by atoms with E-state index < -0.39 is 0 Å². The van der Waals surface area contributed by atoms with E-state index in [0.717, 1.165) is 15.2 Å². The summed E-state index contributed by atoms with van der Waals surface area (Å²) in [6.07, 6.45) is 2.32. The van der Waals surface area contributed by atoms with E-state index in [-0.39, 0.29) is 5.91 Å². The number of hydrogen-bond donors (Lipinski definition) is 0. The molecular weight excluding hydrogens is 429 g/mol. The molecule has 148 valence electrons. The number of carbonyl (C=O) groups is 1. The first-order valence-electron chi connectivity index (χ1n) is 8.98. The fraction of sp³-hybridized carbons (Fsp3) is 0.190. The molecule has 0 atom stereocenters. The number of carbonyl (C=O) groups excluding carboxylic acids is 1. The van der Waals surface area contributed by atoms with Crippen molar-refractivity contribution in [3.8, 4) is 11.3 Å². The monoisotopic (exact) mass is 445 g/mol. The lowest BCUT2D eigenvalue weighted by atomic mass is 10.2. The zero-order chi connectivity index (χ0) is 20.4. The summed E-state index contributed by atoms with van der Waals surface area (Å²) in [5.74, 6) is 1.05. The molecule has 2 aromatic heterocycles. The SMILES string of the molecule is CN(Cc1nc2ccccc2s1)C(=O)CCc1ncc(-c2ccc(Cl)cc2Cl)o1. The van der Waals surface area contributed by atoms with Gasteiger partial charge in [0.1, 0.15) is 5.01 Å². The van der Waals surface area contributed by atoms with Gasteiger partial charge in [0.05, 0.1) is 28.0 Å². The van der Waals surface area contributed by atoms with E-state index >= 15 is 0 Å². The number of rotatable bonds is 6. The number of nitrogens with zero attached hydrogens (tertiary/aromatic N) is 3.